The molecule has 3 aliphatic rings. The van der Waals surface area contributed by atoms with Crippen molar-refractivity contribution in [3.63, 3.8) is 0 Å². The number of nitrogens with zero attached hydrogens (tertiary/aromatic N) is 2. The zero-order valence-corrected chi connectivity index (χ0v) is 7.60. The van der Waals surface area contributed by atoms with Crippen LogP contribution in [0.2, 0.25) is 0 Å². The Morgan fingerprint density at radius 3 is 2.36 bits per heavy atom. The van der Waals surface area contributed by atoms with Gasteiger partial charge < -0.3 is 4.74 Å². The molecule has 0 N–H and O–H groups in total. The molecule has 0 spiro atoms. The Morgan fingerprint density at radius 2 is 2.21 bits per heavy atom. The summed E-state index contributed by atoms with van der Waals surface area (Å²) in [6, 6.07) is 6.18. The van der Waals surface area contributed by atoms with Crippen LogP contribution in [-0.4, -0.2) is 13.0 Å². The van der Waals surface area contributed by atoms with Crippen LogP contribution in [0, 0.1) is 10.4 Å². The highest BCUT2D eigenvalue weighted by molar-refractivity contribution is 5.89. The van der Waals surface area contributed by atoms with Crippen molar-refractivity contribution in [2.24, 2.45) is 10.2 Å². The van der Waals surface area contributed by atoms with Crippen molar-refractivity contribution in [1.29, 1.82) is 0 Å². The second kappa shape index (κ2) is 3.41. The Balaban J connectivity index is 0.000000112. The summed E-state index contributed by atoms with van der Waals surface area (Å²) in [6.45, 7) is 0. The molecule has 0 unspecified atom stereocenters. The third kappa shape index (κ3) is 1.42. The molecule has 0 saturated carbocycles. The number of carbonyl (C=O) groups excluding carboxylic acids is 1. The monoisotopic (exact) mass is 188 g/mol. The molecular weight excluding hydrogens is 180 g/mol. The predicted molar refractivity (Wildman–Crippen MR) is 49.7 cm³/mol. The van der Waals surface area contributed by atoms with E-state index in [0.717, 1.165) is 5.75 Å². The summed E-state index contributed by atoms with van der Waals surface area (Å²) in [6.07, 6.45) is 2.67. The Bertz CT molecular complexity index is 503. The summed E-state index contributed by atoms with van der Waals surface area (Å²) >= 11 is 0. The highest BCUT2D eigenvalue weighted by Gasteiger charge is 2.03. The van der Waals surface area contributed by atoms with Gasteiger partial charge in [0.25, 0.3) is 5.91 Å². The van der Waals surface area contributed by atoms with Gasteiger partial charge in [0, 0.05) is 11.3 Å². The third-order valence-corrected chi connectivity index (χ3v) is 1.95. The first-order valence-corrected chi connectivity index (χ1v) is 4.11. The smallest absolute Gasteiger partial charge is 0.289 e. The maximum Gasteiger partial charge on any atom is 0.289 e. The number of ether oxygens (including phenoxy) is 1. The van der Waals surface area contributed by atoms with Gasteiger partial charge in [-0.15, -0.1) is 5.11 Å². The number of azo groups is 1. The fourth-order valence-corrected chi connectivity index (χ4v) is 1.14. The standard InChI is InChI=1S/C7H6O.C3H2N2O/c1-8-7-4-5-2-3-6(5)7;6-3-1-2-4-5-3/h2-4H,1H3;1-2H. The van der Waals surface area contributed by atoms with Crippen LogP contribution in [0.15, 0.2) is 40.7 Å². The van der Waals surface area contributed by atoms with E-state index in [2.05, 4.69) is 22.4 Å². The molecule has 0 bridgehead atoms. The van der Waals surface area contributed by atoms with Gasteiger partial charge in [-0.3, -0.25) is 4.79 Å². The van der Waals surface area contributed by atoms with Crippen LogP contribution in [-0.2, 0) is 4.79 Å². The Hall–Kier alpha value is -1.97. The fourth-order valence-electron chi connectivity index (χ4n) is 1.14. The van der Waals surface area contributed by atoms with Gasteiger partial charge in [0.05, 0.1) is 13.3 Å². The molecule has 1 heterocycles. The van der Waals surface area contributed by atoms with Gasteiger partial charge in [0.2, 0.25) is 0 Å². The molecule has 2 aliphatic carbocycles. The van der Waals surface area contributed by atoms with Crippen LogP contribution < -0.4 is 4.74 Å². The van der Waals surface area contributed by atoms with Gasteiger partial charge in [0.15, 0.2) is 0 Å². The molecule has 3 rings (SSSR count). The van der Waals surface area contributed by atoms with Crippen LogP contribution in [0.4, 0.5) is 0 Å². The number of hydrogen-bond acceptors (Lipinski definition) is 3. The van der Waals surface area contributed by atoms with Gasteiger partial charge in [-0.05, 0) is 11.3 Å². The quantitative estimate of drug-likeness (QED) is 0.685. The van der Waals surface area contributed by atoms with Crippen LogP contribution in [0.1, 0.15) is 0 Å². The molecule has 0 fully saturated rings. The van der Waals surface area contributed by atoms with E-state index in [4.69, 9.17) is 4.74 Å². The minimum absolute atomic E-state index is 0.269. The SMILES string of the molecule is COc1cc2ccc1=2.O=C1C=CN=N1. The number of rotatable bonds is 1. The highest BCUT2D eigenvalue weighted by atomic mass is 16.5. The van der Waals surface area contributed by atoms with Gasteiger partial charge in [-0.2, -0.15) is 5.11 Å². The summed E-state index contributed by atoms with van der Waals surface area (Å²) in [7, 11) is 1.70. The lowest BCUT2D eigenvalue weighted by Crippen LogP contribution is -1.92. The number of benzene rings is 1. The van der Waals surface area contributed by atoms with Crippen LogP contribution >= 0.6 is 0 Å². The lowest BCUT2D eigenvalue weighted by molar-refractivity contribution is -0.113. The molecule has 0 atom stereocenters. The lowest BCUT2D eigenvalue weighted by atomic mass is 10.1. The molecule has 0 radical (unpaired) electrons. The second-order valence-corrected chi connectivity index (χ2v) is 2.78. The summed E-state index contributed by atoms with van der Waals surface area (Å²) in [5.74, 6) is 0.762. The third-order valence-electron chi connectivity index (χ3n) is 1.95. The van der Waals surface area contributed by atoms with E-state index in [0.29, 0.717) is 0 Å². The molecule has 0 aromatic rings. The molecule has 4 heteroatoms. The summed E-state index contributed by atoms with van der Waals surface area (Å²) in [5, 5.41) is 8.99. The largest absolute Gasteiger partial charge is 0.496 e. The summed E-state index contributed by atoms with van der Waals surface area (Å²) in [4.78, 5) is 9.90. The lowest BCUT2D eigenvalue weighted by Gasteiger charge is -2.08. The topological polar surface area (TPSA) is 51.0 Å². The number of methoxy groups -OCH3 is 1. The minimum Gasteiger partial charge on any atom is -0.496 e. The Labute approximate surface area is 80.2 Å². The van der Waals surface area contributed by atoms with Crippen molar-refractivity contribution in [1.82, 2.24) is 0 Å². The van der Waals surface area contributed by atoms with Gasteiger partial charge in [-0.1, -0.05) is 12.1 Å². The molecular formula is C10H8N2O2. The maximum atomic E-state index is 9.90. The van der Waals surface area contributed by atoms with Crippen molar-refractivity contribution in [3.05, 3.63) is 40.9 Å². The van der Waals surface area contributed by atoms with E-state index in [1.807, 2.05) is 6.07 Å². The van der Waals surface area contributed by atoms with E-state index in [9.17, 15) is 4.79 Å². The molecule has 0 saturated heterocycles. The summed E-state index contributed by atoms with van der Waals surface area (Å²) in [5.41, 5.74) is 0. The molecule has 1 amide bonds. The predicted octanol–water partition coefficient (Wildman–Crippen LogP) is 1.79. The molecule has 70 valence electrons. The van der Waals surface area contributed by atoms with Crippen molar-refractivity contribution in [3.8, 4) is 5.75 Å². The van der Waals surface area contributed by atoms with Crippen LogP contribution in [0.5, 0.6) is 5.75 Å². The average molecular weight is 188 g/mol. The molecule has 14 heavy (non-hydrogen) atoms. The van der Waals surface area contributed by atoms with Gasteiger partial charge >= 0.3 is 0 Å². The number of amides is 1. The van der Waals surface area contributed by atoms with Crippen molar-refractivity contribution < 1.29 is 9.53 Å². The molecule has 0 aromatic heterocycles. The molecule has 4 nitrogen and oxygen atoms in total. The van der Waals surface area contributed by atoms with Gasteiger partial charge in [0.1, 0.15) is 5.75 Å². The first-order chi connectivity index (χ1) is 6.81. The van der Waals surface area contributed by atoms with E-state index < -0.39 is 0 Å². The second-order valence-electron chi connectivity index (χ2n) is 2.78. The molecule has 0 aromatic carbocycles. The van der Waals surface area contributed by atoms with Crippen LogP contribution in [0.3, 0.4) is 0 Å². The fraction of sp³-hybridized carbons (Fsp3) is 0.100. The zero-order chi connectivity index (χ0) is 9.97. The minimum atomic E-state index is -0.269. The average Bonchev–Trinajstić information content (AvgIpc) is 2.62. The van der Waals surface area contributed by atoms with E-state index in [1.54, 1.807) is 7.11 Å². The van der Waals surface area contributed by atoms with Crippen LogP contribution in [0.25, 0.3) is 0 Å². The first kappa shape index (κ1) is 8.62. The van der Waals surface area contributed by atoms with E-state index >= 15 is 0 Å². The number of carbonyl (C=O) groups is 1. The summed E-state index contributed by atoms with van der Waals surface area (Å²) < 4.78 is 4.97. The number of hydrogen-bond donors (Lipinski definition) is 0. The van der Waals surface area contributed by atoms with E-state index in [1.165, 1.54) is 22.7 Å². The van der Waals surface area contributed by atoms with Crippen molar-refractivity contribution in [2.45, 2.75) is 0 Å². The highest BCUT2D eigenvalue weighted by Crippen LogP contribution is 2.22. The Morgan fingerprint density at radius 1 is 1.36 bits per heavy atom. The first-order valence-electron chi connectivity index (χ1n) is 4.11. The van der Waals surface area contributed by atoms with Crippen molar-refractivity contribution in [2.75, 3.05) is 7.11 Å². The zero-order valence-electron chi connectivity index (χ0n) is 7.60. The Kier molecular flexibility index (Phi) is 2.10. The normalized spacial score (nSPS) is 13.6. The molecule has 1 aliphatic heterocycles. The van der Waals surface area contributed by atoms with E-state index in [-0.39, 0.29) is 5.91 Å². The van der Waals surface area contributed by atoms with Gasteiger partial charge in [-0.25, -0.2) is 0 Å². The van der Waals surface area contributed by atoms with Crippen molar-refractivity contribution >= 4 is 5.91 Å². The maximum absolute atomic E-state index is 9.90.